The number of ether oxygens (including phenoxy) is 1. The van der Waals surface area contributed by atoms with E-state index >= 15 is 0 Å². The van der Waals surface area contributed by atoms with Crippen molar-refractivity contribution in [1.29, 1.82) is 0 Å². The highest BCUT2D eigenvalue weighted by atomic mass is 35.5. The van der Waals surface area contributed by atoms with Crippen LogP contribution in [0, 0.1) is 11.7 Å². The van der Waals surface area contributed by atoms with Crippen molar-refractivity contribution in [3.8, 4) is 0 Å². The standard InChI is InChI=1S/C30H40Cl2FN3O4S/c1-35(2)30(20-8-12-22(33)13-9-20)21-10-14-23(15-11-21)34-29(37)19-40-28-7-5-4-6-27(28)36(3)41(38,39)24-16-17-25(31)26(32)18-24/h8-9,12-13,16-18,21,23,27-28,30H,4-7,10-11,14-15,19H2,1-3H3,(H,34,37). The molecule has 11 heteroatoms. The predicted molar refractivity (Wildman–Crippen MR) is 160 cm³/mol. The Labute approximate surface area is 253 Å². The molecule has 41 heavy (non-hydrogen) atoms. The van der Waals surface area contributed by atoms with Gasteiger partial charge in [0.15, 0.2) is 0 Å². The number of hydrogen-bond acceptors (Lipinski definition) is 5. The number of carbonyl (C=O) groups is 1. The Hall–Kier alpha value is -1.75. The van der Waals surface area contributed by atoms with Crippen LogP contribution in [0.25, 0.3) is 0 Å². The number of benzene rings is 2. The second-order valence-corrected chi connectivity index (χ2v) is 14.2. The van der Waals surface area contributed by atoms with Crippen molar-refractivity contribution in [2.75, 3.05) is 27.7 Å². The van der Waals surface area contributed by atoms with Gasteiger partial charge in [0.05, 0.1) is 27.1 Å². The van der Waals surface area contributed by atoms with Crippen LogP contribution >= 0.6 is 23.2 Å². The van der Waals surface area contributed by atoms with Crippen LogP contribution in [0.3, 0.4) is 0 Å². The first kappa shape index (κ1) is 32.2. The van der Waals surface area contributed by atoms with Gasteiger partial charge in [0.2, 0.25) is 15.9 Å². The summed E-state index contributed by atoms with van der Waals surface area (Å²) in [6, 6.07) is 10.9. The fourth-order valence-electron chi connectivity index (χ4n) is 6.35. The van der Waals surface area contributed by atoms with Crippen LogP contribution in [-0.4, -0.2) is 69.5 Å². The quantitative estimate of drug-likeness (QED) is 0.346. The lowest BCUT2D eigenvalue weighted by atomic mass is 9.78. The first-order valence-corrected chi connectivity index (χ1v) is 16.4. The Kier molecular flexibility index (Phi) is 11.1. The summed E-state index contributed by atoms with van der Waals surface area (Å²) in [6.07, 6.45) is 6.36. The summed E-state index contributed by atoms with van der Waals surface area (Å²) in [4.78, 5) is 15.1. The van der Waals surface area contributed by atoms with E-state index in [0.29, 0.717) is 18.8 Å². The van der Waals surface area contributed by atoms with Crippen molar-refractivity contribution < 1.29 is 22.3 Å². The third-order valence-electron chi connectivity index (χ3n) is 8.48. The van der Waals surface area contributed by atoms with Gasteiger partial charge in [-0.2, -0.15) is 4.31 Å². The molecule has 3 unspecified atom stereocenters. The number of sulfonamides is 1. The Bertz CT molecular complexity index is 1290. The summed E-state index contributed by atoms with van der Waals surface area (Å²) in [5, 5.41) is 3.59. The number of hydrogen-bond donors (Lipinski definition) is 1. The molecule has 7 nitrogen and oxygen atoms in total. The van der Waals surface area contributed by atoms with Crippen LogP contribution in [-0.2, 0) is 19.6 Å². The summed E-state index contributed by atoms with van der Waals surface area (Å²) in [5.74, 6) is -0.00879. The van der Waals surface area contributed by atoms with E-state index in [4.69, 9.17) is 27.9 Å². The minimum absolute atomic E-state index is 0.0678. The smallest absolute Gasteiger partial charge is 0.246 e. The van der Waals surface area contributed by atoms with Gasteiger partial charge in [-0.05, 0) is 94.4 Å². The lowest BCUT2D eigenvalue weighted by molar-refractivity contribution is -0.130. The van der Waals surface area contributed by atoms with Gasteiger partial charge in [0, 0.05) is 19.1 Å². The molecule has 226 valence electrons. The van der Waals surface area contributed by atoms with Crippen LogP contribution in [0.4, 0.5) is 4.39 Å². The highest BCUT2D eigenvalue weighted by molar-refractivity contribution is 7.89. The Morgan fingerprint density at radius 3 is 2.27 bits per heavy atom. The van der Waals surface area contributed by atoms with E-state index in [2.05, 4.69) is 10.2 Å². The summed E-state index contributed by atoms with van der Waals surface area (Å²) in [5.41, 5.74) is 1.10. The van der Waals surface area contributed by atoms with Gasteiger partial charge in [-0.15, -0.1) is 0 Å². The maximum Gasteiger partial charge on any atom is 0.246 e. The molecule has 2 aliphatic carbocycles. The summed E-state index contributed by atoms with van der Waals surface area (Å²) < 4.78 is 47.5. The van der Waals surface area contributed by atoms with Gasteiger partial charge < -0.3 is 15.0 Å². The summed E-state index contributed by atoms with van der Waals surface area (Å²) >= 11 is 12.1. The summed E-state index contributed by atoms with van der Waals surface area (Å²) in [6.45, 7) is -0.113. The molecular formula is C30H40Cl2FN3O4S. The monoisotopic (exact) mass is 627 g/mol. The molecule has 0 spiro atoms. The molecule has 2 aliphatic rings. The van der Waals surface area contributed by atoms with Gasteiger partial charge in [0.1, 0.15) is 12.4 Å². The van der Waals surface area contributed by atoms with Crippen molar-refractivity contribution >= 4 is 39.1 Å². The van der Waals surface area contributed by atoms with Crippen LogP contribution in [0.5, 0.6) is 0 Å². The highest BCUT2D eigenvalue weighted by Crippen LogP contribution is 2.37. The predicted octanol–water partition coefficient (Wildman–Crippen LogP) is 6.06. The van der Waals surface area contributed by atoms with E-state index in [1.807, 2.05) is 26.2 Å². The third kappa shape index (κ3) is 8.00. The molecular weight excluding hydrogens is 588 g/mol. The zero-order chi connectivity index (χ0) is 29.7. The second-order valence-electron chi connectivity index (χ2n) is 11.4. The van der Waals surface area contributed by atoms with Crippen LogP contribution in [0.1, 0.15) is 63.0 Å². The number of nitrogens with zero attached hydrogens (tertiary/aromatic N) is 2. The molecule has 1 amide bonds. The van der Waals surface area contributed by atoms with Gasteiger partial charge in [-0.3, -0.25) is 4.79 Å². The number of carbonyl (C=O) groups excluding carboxylic acids is 1. The minimum atomic E-state index is -3.83. The molecule has 1 N–H and O–H groups in total. The average molecular weight is 629 g/mol. The van der Waals surface area contributed by atoms with Crippen molar-refractivity contribution in [2.45, 2.75) is 80.5 Å². The van der Waals surface area contributed by atoms with Crippen molar-refractivity contribution in [3.05, 3.63) is 63.9 Å². The van der Waals surface area contributed by atoms with E-state index in [1.54, 1.807) is 7.05 Å². The maximum absolute atomic E-state index is 13.5. The lowest BCUT2D eigenvalue weighted by Gasteiger charge is -2.38. The maximum atomic E-state index is 13.5. The largest absolute Gasteiger partial charge is 0.367 e. The topological polar surface area (TPSA) is 79.0 Å². The van der Waals surface area contributed by atoms with Crippen LogP contribution in [0.2, 0.25) is 10.0 Å². The lowest BCUT2D eigenvalue weighted by Crippen LogP contribution is -2.48. The Morgan fingerprint density at radius 1 is 0.976 bits per heavy atom. The molecule has 3 atom stereocenters. The minimum Gasteiger partial charge on any atom is -0.367 e. The fraction of sp³-hybridized carbons (Fsp3) is 0.567. The highest BCUT2D eigenvalue weighted by Gasteiger charge is 2.37. The normalized spacial score (nSPS) is 24.4. The second kappa shape index (κ2) is 14.1. The molecule has 0 aromatic heterocycles. The molecule has 0 bridgehead atoms. The number of halogens is 3. The van der Waals surface area contributed by atoms with Crippen LogP contribution in [0.15, 0.2) is 47.4 Å². The van der Waals surface area contributed by atoms with Gasteiger partial charge in [-0.25, -0.2) is 12.8 Å². The molecule has 0 aliphatic heterocycles. The summed E-state index contributed by atoms with van der Waals surface area (Å²) in [7, 11) is 1.82. The molecule has 0 radical (unpaired) electrons. The molecule has 4 rings (SSSR count). The van der Waals surface area contributed by atoms with E-state index in [1.165, 1.54) is 34.6 Å². The molecule has 0 heterocycles. The van der Waals surface area contributed by atoms with Crippen LogP contribution < -0.4 is 5.32 Å². The molecule has 2 saturated carbocycles. The third-order valence-corrected chi connectivity index (χ3v) is 11.1. The number of nitrogens with one attached hydrogen (secondary N) is 1. The Morgan fingerprint density at radius 2 is 1.63 bits per heavy atom. The molecule has 2 fully saturated rings. The zero-order valence-corrected chi connectivity index (χ0v) is 26.2. The number of amides is 1. The number of rotatable bonds is 10. The number of likely N-dealkylation sites (N-methyl/N-ethyl adjacent to an activating group) is 1. The SMILES string of the molecule is CN(C)C(c1ccc(F)cc1)C1CCC(NC(=O)COC2CCCCC2N(C)S(=O)(=O)c2ccc(Cl)c(Cl)c2)CC1. The zero-order valence-electron chi connectivity index (χ0n) is 23.9. The van der Waals surface area contributed by atoms with Crippen molar-refractivity contribution in [1.82, 2.24) is 14.5 Å². The van der Waals surface area contributed by atoms with Gasteiger partial charge in [0.25, 0.3) is 0 Å². The van der Waals surface area contributed by atoms with Gasteiger partial charge >= 0.3 is 0 Å². The first-order chi connectivity index (χ1) is 19.5. The van der Waals surface area contributed by atoms with E-state index in [9.17, 15) is 17.6 Å². The van der Waals surface area contributed by atoms with E-state index < -0.39 is 10.0 Å². The average Bonchev–Trinajstić information content (AvgIpc) is 2.95. The molecule has 2 aromatic carbocycles. The van der Waals surface area contributed by atoms with Crippen molar-refractivity contribution in [2.24, 2.45) is 5.92 Å². The molecule has 0 saturated heterocycles. The van der Waals surface area contributed by atoms with E-state index in [0.717, 1.165) is 44.1 Å². The van der Waals surface area contributed by atoms with E-state index in [-0.39, 0.29) is 57.5 Å². The Balaban J connectivity index is 1.30. The van der Waals surface area contributed by atoms with Crippen molar-refractivity contribution in [3.63, 3.8) is 0 Å². The molecule has 2 aromatic rings. The fourth-order valence-corrected chi connectivity index (χ4v) is 8.15. The first-order valence-electron chi connectivity index (χ1n) is 14.2. The van der Waals surface area contributed by atoms with Gasteiger partial charge in [-0.1, -0.05) is 48.2 Å².